The maximum Gasteiger partial charge on any atom is 0.271 e. The molecule has 0 unspecified atom stereocenters. The lowest BCUT2D eigenvalue weighted by Gasteiger charge is -2.12. The molecule has 0 saturated carbocycles. The number of carbonyl (C=O) groups excluding carboxylic acids is 1. The monoisotopic (exact) mass is 362 g/mol. The maximum absolute atomic E-state index is 11.1. The number of amides is 1. The number of nitrogens with one attached hydrogen (secondary N) is 1. The van der Waals surface area contributed by atoms with Crippen LogP contribution >= 0.6 is 0 Å². The van der Waals surface area contributed by atoms with E-state index in [1.807, 2.05) is 5.43 Å². The average molecular weight is 362 g/mol. The van der Waals surface area contributed by atoms with Gasteiger partial charge in [0.05, 0.1) is 13.2 Å². The van der Waals surface area contributed by atoms with Gasteiger partial charge in [0, 0.05) is 0 Å². The van der Waals surface area contributed by atoms with E-state index < -0.39 is 5.91 Å². The van der Waals surface area contributed by atoms with Crippen LogP contribution in [0.25, 0.3) is 0 Å². The van der Waals surface area contributed by atoms with Gasteiger partial charge in [0.2, 0.25) is 0 Å². The van der Waals surface area contributed by atoms with Gasteiger partial charge in [0.25, 0.3) is 5.91 Å². The van der Waals surface area contributed by atoms with Crippen LogP contribution in [-0.2, 0) is 9.53 Å². The van der Waals surface area contributed by atoms with Crippen molar-refractivity contribution < 1.29 is 28.8 Å². The van der Waals surface area contributed by atoms with Gasteiger partial charge in [-0.3, -0.25) is 10.2 Å². The number of phenolic OH excluding ortho intramolecular Hbond substituents is 1. The Morgan fingerprint density at radius 3 is 2.00 bits per heavy atom. The molecule has 140 valence electrons. The van der Waals surface area contributed by atoms with E-state index in [4.69, 9.17) is 24.8 Å². The highest BCUT2D eigenvalue weighted by atomic mass is 16.6. The summed E-state index contributed by atoms with van der Waals surface area (Å²) in [5, 5.41) is 9.57. The lowest BCUT2D eigenvalue weighted by Crippen LogP contribution is -2.34. The van der Waals surface area contributed by atoms with E-state index in [1.54, 1.807) is 48.5 Å². The fraction of sp³-hybridized carbons (Fsp3) is 0.278. The first kappa shape index (κ1) is 19.4. The molecule has 2 aromatic rings. The van der Waals surface area contributed by atoms with Crippen LogP contribution in [0.1, 0.15) is 0 Å². The van der Waals surface area contributed by atoms with Crippen molar-refractivity contribution in [1.82, 2.24) is 5.43 Å². The molecule has 0 aliphatic carbocycles. The van der Waals surface area contributed by atoms with Crippen molar-refractivity contribution in [3.05, 3.63) is 48.5 Å². The van der Waals surface area contributed by atoms with E-state index in [2.05, 4.69) is 0 Å². The number of para-hydroxylation sites is 4. The molecular weight excluding hydrogens is 340 g/mol. The largest absolute Gasteiger partial charge is 0.504 e. The summed E-state index contributed by atoms with van der Waals surface area (Å²) < 4.78 is 21.8. The first-order valence-electron chi connectivity index (χ1n) is 8.03. The molecule has 26 heavy (non-hydrogen) atoms. The Kier molecular flexibility index (Phi) is 8.04. The van der Waals surface area contributed by atoms with Crippen LogP contribution in [0.2, 0.25) is 0 Å². The van der Waals surface area contributed by atoms with Gasteiger partial charge >= 0.3 is 0 Å². The predicted octanol–water partition coefficient (Wildman–Crippen LogP) is 1.24. The SMILES string of the molecule is NNC(=O)COc1ccccc1OCCOCCOc1ccccc1O. The number of hydrazine groups is 1. The van der Waals surface area contributed by atoms with E-state index in [0.29, 0.717) is 43.7 Å². The summed E-state index contributed by atoms with van der Waals surface area (Å²) in [7, 11) is 0. The molecular formula is C18H22N2O6. The second kappa shape index (κ2) is 10.8. The van der Waals surface area contributed by atoms with Crippen LogP contribution in [0.3, 0.4) is 0 Å². The van der Waals surface area contributed by atoms with Crippen LogP contribution in [0, 0.1) is 0 Å². The Bertz CT molecular complexity index is 695. The van der Waals surface area contributed by atoms with Crippen molar-refractivity contribution in [2.24, 2.45) is 5.84 Å². The van der Waals surface area contributed by atoms with Crippen molar-refractivity contribution in [2.75, 3.05) is 33.0 Å². The summed E-state index contributed by atoms with van der Waals surface area (Å²) in [6.45, 7) is 1.12. The van der Waals surface area contributed by atoms with Crippen molar-refractivity contribution in [3.63, 3.8) is 0 Å². The summed E-state index contributed by atoms with van der Waals surface area (Å²) in [5.74, 6) is 6.03. The minimum absolute atomic E-state index is 0.0933. The Hall–Kier alpha value is -2.97. The zero-order valence-corrected chi connectivity index (χ0v) is 14.2. The lowest BCUT2D eigenvalue weighted by molar-refractivity contribution is -0.123. The molecule has 0 saturated heterocycles. The molecule has 0 spiro atoms. The molecule has 2 aromatic carbocycles. The van der Waals surface area contributed by atoms with Crippen molar-refractivity contribution in [3.8, 4) is 23.0 Å². The van der Waals surface area contributed by atoms with E-state index >= 15 is 0 Å². The molecule has 0 bridgehead atoms. The third-order valence-electron chi connectivity index (χ3n) is 3.20. The average Bonchev–Trinajstić information content (AvgIpc) is 2.67. The van der Waals surface area contributed by atoms with E-state index in [-0.39, 0.29) is 12.4 Å². The number of hydrogen-bond donors (Lipinski definition) is 3. The first-order chi connectivity index (χ1) is 12.7. The molecule has 2 rings (SSSR count). The summed E-state index contributed by atoms with van der Waals surface area (Å²) in [4.78, 5) is 11.1. The molecule has 0 aliphatic rings. The molecule has 8 nitrogen and oxygen atoms in total. The molecule has 0 aliphatic heterocycles. The van der Waals surface area contributed by atoms with Crippen LogP contribution in [0.15, 0.2) is 48.5 Å². The highest BCUT2D eigenvalue weighted by Gasteiger charge is 2.06. The quantitative estimate of drug-likeness (QED) is 0.239. The third kappa shape index (κ3) is 6.50. The standard InChI is InChI=1S/C18H22N2O6/c19-20-18(22)13-26-17-8-4-3-7-16(17)25-12-10-23-9-11-24-15-6-2-1-5-14(15)21/h1-8,21H,9-13,19H2,(H,20,22). The molecule has 0 aromatic heterocycles. The summed E-state index contributed by atoms with van der Waals surface area (Å²) in [6, 6.07) is 13.7. The van der Waals surface area contributed by atoms with Crippen LogP contribution in [0.5, 0.6) is 23.0 Å². The number of aromatic hydroxyl groups is 1. The van der Waals surface area contributed by atoms with Crippen LogP contribution < -0.4 is 25.5 Å². The Morgan fingerprint density at radius 2 is 1.38 bits per heavy atom. The van der Waals surface area contributed by atoms with Gasteiger partial charge in [-0.1, -0.05) is 24.3 Å². The number of phenols is 1. The first-order valence-corrected chi connectivity index (χ1v) is 8.03. The van der Waals surface area contributed by atoms with Gasteiger partial charge in [-0.25, -0.2) is 5.84 Å². The molecule has 8 heteroatoms. The Labute approximate surface area is 151 Å². The van der Waals surface area contributed by atoms with Gasteiger partial charge in [-0.15, -0.1) is 0 Å². The molecule has 0 heterocycles. The second-order valence-electron chi connectivity index (χ2n) is 5.08. The Morgan fingerprint density at radius 1 is 0.846 bits per heavy atom. The zero-order valence-electron chi connectivity index (χ0n) is 14.2. The lowest BCUT2D eigenvalue weighted by atomic mass is 10.3. The normalized spacial score (nSPS) is 10.2. The zero-order chi connectivity index (χ0) is 18.6. The third-order valence-corrected chi connectivity index (χ3v) is 3.20. The van der Waals surface area contributed by atoms with Gasteiger partial charge < -0.3 is 24.1 Å². The fourth-order valence-corrected chi connectivity index (χ4v) is 1.98. The summed E-state index contributed by atoms with van der Waals surface area (Å²) in [6.07, 6.45) is 0. The highest BCUT2D eigenvalue weighted by molar-refractivity contribution is 5.76. The second-order valence-corrected chi connectivity index (χ2v) is 5.08. The molecule has 1 amide bonds. The molecule has 4 N–H and O–H groups in total. The molecule has 0 fully saturated rings. The predicted molar refractivity (Wildman–Crippen MR) is 94.2 cm³/mol. The van der Waals surface area contributed by atoms with Crippen LogP contribution in [-0.4, -0.2) is 44.0 Å². The van der Waals surface area contributed by atoms with Gasteiger partial charge in [0.15, 0.2) is 29.6 Å². The number of benzene rings is 2. The van der Waals surface area contributed by atoms with Crippen molar-refractivity contribution in [1.29, 1.82) is 0 Å². The maximum atomic E-state index is 11.1. The van der Waals surface area contributed by atoms with Gasteiger partial charge in [-0.05, 0) is 24.3 Å². The highest BCUT2D eigenvalue weighted by Crippen LogP contribution is 2.26. The number of ether oxygens (including phenoxy) is 4. The van der Waals surface area contributed by atoms with E-state index in [0.717, 1.165) is 0 Å². The number of hydrogen-bond acceptors (Lipinski definition) is 7. The fourth-order valence-electron chi connectivity index (χ4n) is 1.98. The molecule has 0 atom stereocenters. The number of rotatable bonds is 11. The van der Waals surface area contributed by atoms with Crippen molar-refractivity contribution in [2.45, 2.75) is 0 Å². The molecule has 0 radical (unpaired) electrons. The summed E-state index contributed by atoms with van der Waals surface area (Å²) >= 11 is 0. The van der Waals surface area contributed by atoms with Crippen LogP contribution in [0.4, 0.5) is 0 Å². The van der Waals surface area contributed by atoms with E-state index in [1.165, 1.54) is 0 Å². The van der Waals surface area contributed by atoms with Gasteiger partial charge in [0.1, 0.15) is 13.2 Å². The minimum Gasteiger partial charge on any atom is -0.504 e. The number of carbonyl (C=O) groups is 1. The van der Waals surface area contributed by atoms with E-state index in [9.17, 15) is 9.90 Å². The smallest absolute Gasteiger partial charge is 0.271 e. The van der Waals surface area contributed by atoms with Gasteiger partial charge in [-0.2, -0.15) is 0 Å². The topological polar surface area (TPSA) is 112 Å². The number of nitrogens with two attached hydrogens (primary N) is 1. The summed E-state index contributed by atoms with van der Waals surface area (Å²) in [5.41, 5.74) is 1.99. The van der Waals surface area contributed by atoms with Crippen molar-refractivity contribution >= 4 is 5.91 Å². The minimum atomic E-state index is -0.437. The Balaban J connectivity index is 1.64.